The summed E-state index contributed by atoms with van der Waals surface area (Å²) < 4.78 is 13.8. The normalized spacial score (nSPS) is 12.9. The zero-order valence-corrected chi connectivity index (χ0v) is 34.6. The molecule has 3 heteroatoms. The van der Waals surface area contributed by atoms with Crippen LogP contribution in [0.1, 0.15) is 22.3 Å². The highest BCUT2D eigenvalue weighted by atomic mass is 16.6. The van der Waals surface area contributed by atoms with Crippen molar-refractivity contribution in [2.45, 2.75) is 5.41 Å². The molecule has 0 amide bonds. The van der Waals surface area contributed by atoms with Gasteiger partial charge in [-0.15, -0.1) is 0 Å². The first kappa shape index (κ1) is 36.1. The summed E-state index contributed by atoms with van der Waals surface area (Å²) in [6.45, 7) is 0. The highest BCUT2D eigenvalue weighted by Gasteiger charge is 2.53. The van der Waals surface area contributed by atoms with Gasteiger partial charge in [-0.1, -0.05) is 176 Å². The smallest absolute Gasteiger partial charge is 0.178 e. The third kappa shape index (κ3) is 5.43. The summed E-state index contributed by atoms with van der Waals surface area (Å²) in [5.41, 5.74) is 19.0. The van der Waals surface area contributed by atoms with Crippen molar-refractivity contribution < 1.29 is 9.47 Å². The van der Waals surface area contributed by atoms with Crippen LogP contribution in [0.2, 0.25) is 0 Å². The lowest BCUT2D eigenvalue weighted by Gasteiger charge is -2.31. The topological polar surface area (TPSA) is 21.7 Å². The number of rotatable bonds is 6. The molecule has 13 rings (SSSR count). The molecule has 0 saturated heterocycles. The molecule has 298 valence electrons. The molecule has 0 bridgehead atoms. The van der Waals surface area contributed by atoms with Gasteiger partial charge in [0.2, 0.25) is 0 Å². The van der Waals surface area contributed by atoms with Crippen LogP contribution < -0.4 is 14.4 Å². The summed E-state index contributed by atoms with van der Waals surface area (Å²) >= 11 is 0. The van der Waals surface area contributed by atoms with Gasteiger partial charge in [0.25, 0.3) is 0 Å². The van der Waals surface area contributed by atoms with E-state index in [2.05, 4.69) is 223 Å². The van der Waals surface area contributed by atoms with Crippen LogP contribution in [0, 0.1) is 12.1 Å². The van der Waals surface area contributed by atoms with E-state index in [1.807, 2.05) is 18.2 Å². The Labute approximate surface area is 372 Å². The highest BCUT2D eigenvalue weighted by Crippen LogP contribution is 2.66. The molecule has 0 saturated carbocycles. The molecule has 0 fully saturated rings. The van der Waals surface area contributed by atoms with E-state index in [0.29, 0.717) is 17.2 Å². The molecule has 10 aromatic rings. The van der Waals surface area contributed by atoms with Gasteiger partial charge in [0.05, 0.1) is 11.1 Å². The summed E-state index contributed by atoms with van der Waals surface area (Å²) in [4.78, 5) is 2.26. The largest absolute Gasteiger partial charge is 0.449 e. The van der Waals surface area contributed by atoms with E-state index >= 15 is 0 Å². The molecule has 0 unspecified atom stereocenters. The molecule has 1 aliphatic heterocycles. The van der Waals surface area contributed by atoms with Crippen LogP contribution in [-0.2, 0) is 5.41 Å². The lowest BCUT2D eigenvalue weighted by molar-refractivity contribution is 0.360. The van der Waals surface area contributed by atoms with E-state index in [-0.39, 0.29) is 0 Å². The van der Waals surface area contributed by atoms with E-state index in [1.54, 1.807) is 0 Å². The summed E-state index contributed by atoms with van der Waals surface area (Å²) in [6, 6.07) is 86.4. The molecule has 0 atom stereocenters. The first-order valence-corrected chi connectivity index (χ1v) is 21.7. The zero-order valence-electron chi connectivity index (χ0n) is 34.6. The standard InChI is InChI=1S/C61H37NO2/c1-3-13-40(14-4-1)41-23-25-42(26-24-41)43-27-29-44(30-28-43)45-31-33-47(34-32-45)62(46-15-5-2-6-16-46)48-35-37-56-58(39-48)64-60-57(63-56)38-36-55-59(60)51-19-9-12-22-54(51)61(55)52-20-10-7-17-49(52)50-18-8-11-21-53(50)61/h1-27,29,31-39H. The van der Waals surface area contributed by atoms with Crippen molar-refractivity contribution in [2.75, 3.05) is 4.90 Å². The van der Waals surface area contributed by atoms with Crippen molar-refractivity contribution in [3.63, 3.8) is 0 Å². The van der Waals surface area contributed by atoms with E-state index < -0.39 is 5.41 Å². The first-order valence-electron chi connectivity index (χ1n) is 21.7. The Kier molecular flexibility index (Phi) is 8.04. The first-order chi connectivity index (χ1) is 31.7. The Balaban J connectivity index is 0.844. The fourth-order valence-corrected chi connectivity index (χ4v) is 10.4. The third-order valence-corrected chi connectivity index (χ3v) is 13.2. The van der Waals surface area contributed by atoms with Crippen molar-refractivity contribution in [3.05, 3.63) is 259 Å². The van der Waals surface area contributed by atoms with Gasteiger partial charge in [0.15, 0.2) is 23.0 Å². The molecular formula is C61H37NO2. The number of hydrogen-bond donors (Lipinski definition) is 0. The Morgan fingerprint density at radius 2 is 0.812 bits per heavy atom. The van der Waals surface area contributed by atoms with E-state index in [9.17, 15) is 0 Å². The molecule has 0 aromatic heterocycles. The van der Waals surface area contributed by atoms with Crippen LogP contribution in [0.4, 0.5) is 17.1 Å². The predicted octanol–water partition coefficient (Wildman–Crippen LogP) is 16.0. The second-order valence-electron chi connectivity index (χ2n) is 16.6. The molecule has 1 spiro atoms. The number of benzene rings is 9. The Bertz CT molecular complexity index is 3370. The Hall–Kier alpha value is -8.58. The van der Waals surface area contributed by atoms with Gasteiger partial charge in [-0.3, -0.25) is 0 Å². The van der Waals surface area contributed by atoms with Gasteiger partial charge in [-0.25, -0.2) is 0 Å². The van der Waals surface area contributed by atoms with Crippen LogP contribution in [-0.4, -0.2) is 0 Å². The average molecular weight is 816 g/mol. The summed E-state index contributed by atoms with van der Waals surface area (Å²) in [5, 5.41) is 0. The molecule has 3 aliphatic rings. The van der Waals surface area contributed by atoms with Gasteiger partial charge in [0.1, 0.15) is 0 Å². The van der Waals surface area contributed by atoms with Gasteiger partial charge < -0.3 is 14.4 Å². The van der Waals surface area contributed by atoms with Crippen LogP contribution in [0.15, 0.2) is 224 Å². The third-order valence-electron chi connectivity index (χ3n) is 13.2. The highest BCUT2D eigenvalue weighted by molar-refractivity contribution is 5.98. The van der Waals surface area contributed by atoms with E-state index in [0.717, 1.165) is 56.2 Å². The number of nitrogens with zero attached hydrogens (tertiary/aromatic N) is 1. The quantitative estimate of drug-likeness (QED) is 0.167. The molecule has 0 N–H and O–H groups in total. The molecule has 0 radical (unpaired) electrons. The number of hydrogen-bond acceptors (Lipinski definition) is 3. The maximum Gasteiger partial charge on any atom is 0.178 e. The molecule has 10 aromatic carbocycles. The van der Waals surface area contributed by atoms with Crippen LogP contribution >= 0.6 is 0 Å². The average Bonchev–Trinajstić information content (AvgIpc) is 3.84. The maximum atomic E-state index is 7.10. The molecule has 2 aliphatic carbocycles. The van der Waals surface area contributed by atoms with Crippen molar-refractivity contribution >= 4 is 17.1 Å². The minimum Gasteiger partial charge on any atom is -0.449 e. The maximum absolute atomic E-state index is 7.10. The summed E-state index contributed by atoms with van der Waals surface area (Å²) in [7, 11) is 0. The van der Waals surface area contributed by atoms with Gasteiger partial charge in [0, 0.05) is 34.1 Å². The summed E-state index contributed by atoms with van der Waals surface area (Å²) in [5.74, 6) is 2.80. The fraction of sp³-hybridized carbons (Fsp3) is 0.0164. The van der Waals surface area contributed by atoms with Crippen LogP contribution in [0.25, 0.3) is 55.6 Å². The number of para-hydroxylation sites is 1. The lowest BCUT2D eigenvalue weighted by atomic mass is 9.70. The fourth-order valence-electron chi connectivity index (χ4n) is 10.4. The minimum absolute atomic E-state index is 0.469. The van der Waals surface area contributed by atoms with Gasteiger partial charge in [-0.05, 0) is 116 Å². The lowest BCUT2D eigenvalue weighted by Crippen LogP contribution is -2.25. The van der Waals surface area contributed by atoms with Gasteiger partial charge in [-0.2, -0.15) is 0 Å². The predicted molar refractivity (Wildman–Crippen MR) is 258 cm³/mol. The number of fused-ring (bicyclic) bond motifs is 13. The minimum atomic E-state index is -0.469. The zero-order chi connectivity index (χ0) is 42.2. The second kappa shape index (κ2) is 14.2. The van der Waals surface area contributed by atoms with Crippen molar-refractivity contribution in [3.8, 4) is 78.6 Å². The van der Waals surface area contributed by atoms with Crippen molar-refractivity contribution in [1.29, 1.82) is 0 Å². The number of ether oxygens (including phenoxy) is 2. The Morgan fingerprint density at radius 3 is 1.45 bits per heavy atom. The number of anilines is 3. The Morgan fingerprint density at radius 1 is 0.328 bits per heavy atom. The SMILES string of the molecule is c1c(-c2ccc(-c3ccccc3)cc2)ccc(-c2ccc(N(c3ccccc3)c3ccc4c(c3)Oc3c(ccc5c3-c3ccccc3C53c5ccccc5-c5ccccc53)O4)cc2)c#1. The molecule has 3 nitrogen and oxygen atoms in total. The molecule has 1 heterocycles. The molecule has 64 heavy (non-hydrogen) atoms. The second-order valence-corrected chi connectivity index (χ2v) is 16.6. The van der Waals surface area contributed by atoms with Crippen molar-refractivity contribution in [2.24, 2.45) is 0 Å². The van der Waals surface area contributed by atoms with E-state index in [1.165, 1.54) is 44.5 Å². The molecular weight excluding hydrogens is 779 g/mol. The van der Waals surface area contributed by atoms with Crippen LogP contribution in [0.3, 0.4) is 0 Å². The van der Waals surface area contributed by atoms with E-state index in [4.69, 9.17) is 9.47 Å². The van der Waals surface area contributed by atoms with Gasteiger partial charge >= 0.3 is 0 Å². The van der Waals surface area contributed by atoms with Crippen LogP contribution in [0.5, 0.6) is 23.0 Å². The summed E-state index contributed by atoms with van der Waals surface area (Å²) in [6.07, 6.45) is 0. The van der Waals surface area contributed by atoms with Crippen molar-refractivity contribution in [1.82, 2.24) is 0 Å². The monoisotopic (exact) mass is 815 g/mol.